The first kappa shape index (κ1) is 30.6. The van der Waals surface area contributed by atoms with Crippen LogP contribution in [-0.4, -0.2) is 36.3 Å². The zero-order valence-corrected chi connectivity index (χ0v) is 24.1. The van der Waals surface area contributed by atoms with Crippen molar-refractivity contribution in [1.29, 1.82) is 0 Å². The lowest BCUT2D eigenvalue weighted by Gasteiger charge is -2.20. The summed E-state index contributed by atoms with van der Waals surface area (Å²) in [5, 5.41) is 8.10. The predicted molar refractivity (Wildman–Crippen MR) is 166 cm³/mol. The van der Waals surface area contributed by atoms with Crippen molar-refractivity contribution >= 4 is 28.4 Å². The van der Waals surface area contributed by atoms with Gasteiger partial charge in [-0.2, -0.15) is 0 Å². The van der Waals surface area contributed by atoms with Crippen LogP contribution < -0.4 is 16.4 Å². The van der Waals surface area contributed by atoms with Gasteiger partial charge >= 0.3 is 0 Å². The smallest absolute Gasteiger partial charge is 0.251 e. The molecule has 218 valence electrons. The van der Waals surface area contributed by atoms with Crippen molar-refractivity contribution < 1.29 is 19.1 Å². The van der Waals surface area contributed by atoms with Gasteiger partial charge in [0.05, 0.1) is 6.61 Å². The number of nitrogens with two attached hydrogens (primary N) is 1. The Morgan fingerprint density at radius 1 is 0.786 bits per heavy atom. The van der Waals surface area contributed by atoms with E-state index in [0.717, 1.165) is 27.5 Å². The molecule has 7 nitrogen and oxygen atoms in total. The van der Waals surface area contributed by atoms with Crippen molar-refractivity contribution in [3.05, 3.63) is 119 Å². The van der Waals surface area contributed by atoms with Gasteiger partial charge < -0.3 is 21.1 Å². The molecule has 0 heterocycles. The van der Waals surface area contributed by atoms with Crippen LogP contribution in [0, 0.1) is 0 Å². The molecule has 0 saturated carbocycles. The second-order valence-electron chi connectivity index (χ2n) is 10.5. The Morgan fingerprint density at radius 2 is 1.48 bits per heavy atom. The average molecular weight is 566 g/mol. The molecule has 0 aliphatic carbocycles. The van der Waals surface area contributed by atoms with Gasteiger partial charge in [-0.25, -0.2) is 0 Å². The number of Topliss-reactive ketones (excluding diaryl/α,β-unsaturated/α-hetero) is 1. The number of carbonyl (C=O) groups excluding carboxylic acids is 3. The Labute approximate surface area is 247 Å². The summed E-state index contributed by atoms with van der Waals surface area (Å²) in [6.07, 6.45) is 1.85. The molecule has 0 saturated heterocycles. The molecule has 0 aromatic heterocycles. The van der Waals surface area contributed by atoms with Crippen LogP contribution in [0.4, 0.5) is 0 Å². The third-order valence-electron chi connectivity index (χ3n) is 7.27. The van der Waals surface area contributed by atoms with Gasteiger partial charge in [0.15, 0.2) is 5.78 Å². The van der Waals surface area contributed by atoms with Gasteiger partial charge in [-0.1, -0.05) is 84.9 Å². The number of rotatable bonds is 15. The van der Waals surface area contributed by atoms with Crippen LogP contribution in [0.15, 0.2) is 97.1 Å². The molecule has 1 unspecified atom stereocenters. The zero-order valence-electron chi connectivity index (χ0n) is 24.1. The molecule has 4 N–H and O–H groups in total. The molecule has 0 fully saturated rings. The van der Waals surface area contributed by atoms with Crippen molar-refractivity contribution in [3.8, 4) is 0 Å². The lowest BCUT2D eigenvalue weighted by Crippen LogP contribution is -2.48. The van der Waals surface area contributed by atoms with E-state index in [1.54, 1.807) is 19.1 Å². The van der Waals surface area contributed by atoms with Gasteiger partial charge in [-0.05, 0) is 65.8 Å². The van der Waals surface area contributed by atoms with Crippen LogP contribution in [0.25, 0.3) is 10.8 Å². The highest BCUT2D eigenvalue weighted by molar-refractivity contribution is 5.97. The van der Waals surface area contributed by atoms with Gasteiger partial charge in [0.1, 0.15) is 12.1 Å². The molecule has 42 heavy (non-hydrogen) atoms. The molecule has 2 atom stereocenters. The monoisotopic (exact) mass is 565 g/mol. The topological polar surface area (TPSA) is 111 Å². The standard InChI is InChI=1S/C35H39N3O4/c1-25(39)33(42-24-27-9-3-2-4-10-27)13-7-8-20-37-35(41)32(38-34(40)30-18-14-26(23-36)15-19-30)22-28-16-17-29-11-5-6-12-31(29)21-28/h2-6,9-12,14-19,21,32-33H,7-8,13,20,22-24,36H2,1H3,(H,37,41)(H,38,40)/t32-,33?/m0/s1. The normalized spacial score (nSPS) is 12.4. The molecule has 0 bridgehead atoms. The third kappa shape index (κ3) is 9.09. The largest absolute Gasteiger partial charge is 0.366 e. The molecule has 2 amide bonds. The highest BCUT2D eigenvalue weighted by Gasteiger charge is 2.22. The van der Waals surface area contributed by atoms with Crippen molar-refractivity contribution in [2.75, 3.05) is 6.54 Å². The fourth-order valence-electron chi connectivity index (χ4n) is 4.81. The van der Waals surface area contributed by atoms with Crippen LogP contribution in [0.1, 0.15) is 53.2 Å². The molecule has 0 spiro atoms. The highest BCUT2D eigenvalue weighted by atomic mass is 16.5. The summed E-state index contributed by atoms with van der Waals surface area (Å²) < 4.78 is 5.86. The maximum atomic E-state index is 13.3. The number of carbonyl (C=O) groups is 3. The Kier molecular flexibility index (Phi) is 11.4. The fraction of sp³-hybridized carbons (Fsp3) is 0.286. The highest BCUT2D eigenvalue weighted by Crippen LogP contribution is 2.17. The molecular weight excluding hydrogens is 526 g/mol. The molecule has 4 rings (SSSR count). The first-order valence-electron chi connectivity index (χ1n) is 14.4. The summed E-state index contributed by atoms with van der Waals surface area (Å²) in [6, 6.07) is 30.2. The molecule has 4 aromatic carbocycles. The summed E-state index contributed by atoms with van der Waals surface area (Å²) in [7, 11) is 0. The van der Waals surface area contributed by atoms with Crippen LogP contribution in [0.3, 0.4) is 0 Å². The van der Waals surface area contributed by atoms with Gasteiger partial charge in [0, 0.05) is 25.1 Å². The molecule has 7 heteroatoms. The van der Waals surface area contributed by atoms with Crippen LogP contribution in [0.2, 0.25) is 0 Å². The Balaban J connectivity index is 1.34. The first-order chi connectivity index (χ1) is 20.4. The van der Waals surface area contributed by atoms with Gasteiger partial charge in [-0.3, -0.25) is 14.4 Å². The number of fused-ring (bicyclic) bond motifs is 1. The van der Waals surface area contributed by atoms with Crippen molar-refractivity contribution in [2.45, 2.75) is 57.9 Å². The Bertz CT molecular complexity index is 1470. The maximum Gasteiger partial charge on any atom is 0.251 e. The minimum absolute atomic E-state index is 0.00683. The van der Waals surface area contributed by atoms with E-state index in [9.17, 15) is 14.4 Å². The van der Waals surface area contributed by atoms with E-state index in [-0.39, 0.29) is 17.6 Å². The van der Waals surface area contributed by atoms with Crippen LogP contribution in [0.5, 0.6) is 0 Å². The SMILES string of the molecule is CC(=O)C(CCCCNC(=O)[C@H](Cc1ccc2ccccc2c1)NC(=O)c1ccc(CN)cc1)OCc1ccccc1. The molecule has 0 radical (unpaired) electrons. The maximum absolute atomic E-state index is 13.3. The number of amides is 2. The number of unbranched alkanes of at least 4 members (excludes halogenated alkanes) is 1. The number of benzene rings is 4. The number of nitrogens with one attached hydrogen (secondary N) is 2. The number of hydrogen-bond donors (Lipinski definition) is 3. The van der Waals surface area contributed by atoms with Crippen molar-refractivity contribution in [2.24, 2.45) is 5.73 Å². The lowest BCUT2D eigenvalue weighted by atomic mass is 10.0. The third-order valence-corrected chi connectivity index (χ3v) is 7.27. The summed E-state index contributed by atoms with van der Waals surface area (Å²) in [4.78, 5) is 38.5. The van der Waals surface area contributed by atoms with Gasteiger partial charge in [0.25, 0.3) is 5.91 Å². The average Bonchev–Trinajstić information content (AvgIpc) is 3.02. The van der Waals surface area contributed by atoms with E-state index in [1.165, 1.54) is 0 Å². The van der Waals surface area contributed by atoms with E-state index in [0.29, 0.717) is 50.9 Å². The van der Waals surface area contributed by atoms with Crippen LogP contribution >= 0.6 is 0 Å². The quantitative estimate of drug-likeness (QED) is 0.174. The molecule has 0 aliphatic rings. The van der Waals surface area contributed by atoms with E-state index >= 15 is 0 Å². The Hall–Kier alpha value is -4.33. The van der Waals surface area contributed by atoms with E-state index < -0.39 is 12.1 Å². The summed E-state index contributed by atoms with van der Waals surface area (Å²) in [5.74, 6) is -0.578. The van der Waals surface area contributed by atoms with Crippen molar-refractivity contribution in [3.63, 3.8) is 0 Å². The Morgan fingerprint density at radius 3 is 2.19 bits per heavy atom. The van der Waals surface area contributed by atoms with E-state index in [2.05, 4.69) is 16.7 Å². The van der Waals surface area contributed by atoms with Gasteiger partial charge in [-0.15, -0.1) is 0 Å². The second kappa shape index (κ2) is 15.6. The summed E-state index contributed by atoms with van der Waals surface area (Å²) in [6.45, 7) is 2.74. The second-order valence-corrected chi connectivity index (χ2v) is 10.5. The summed E-state index contributed by atoms with van der Waals surface area (Å²) in [5.41, 5.74) is 9.05. The summed E-state index contributed by atoms with van der Waals surface area (Å²) >= 11 is 0. The molecule has 0 aliphatic heterocycles. The van der Waals surface area contributed by atoms with Crippen molar-refractivity contribution in [1.82, 2.24) is 10.6 Å². The lowest BCUT2D eigenvalue weighted by molar-refractivity contribution is -0.129. The minimum Gasteiger partial charge on any atom is -0.366 e. The van der Waals surface area contributed by atoms with Crippen LogP contribution in [-0.2, 0) is 33.9 Å². The van der Waals surface area contributed by atoms with E-state index in [1.807, 2.05) is 78.9 Å². The number of ether oxygens (including phenoxy) is 1. The molecule has 4 aromatic rings. The molecular formula is C35H39N3O4. The van der Waals surface area contributed by atoms with E-state index in [4.69, 9.17) is 10.5 Å². The number of hydrogen-bond acceptors (Lipinski definition) is 5. The minimum atomic E-state index is -0.757. The first-order valence-corrected chi connectivity index (χ1v) is 14.4. The predicted octanol–water partition coefficient (Wildman–Crippen LogP) is 5.10. The fourth-order valence-corrected chi connectivity index (χ4v) is 4.81. The number of ketones is 1. The van der Waals surface area contributed by atoms with Gasteiger partial charge in [0.2, 0.25) is 5.91 Å². The zero-order chi connectivity index (χ0) is 29.7.